The van der Waals surface area contributed by atoms with Crippen LogP contribution in [0.15, 0.2) is 24.3 Å². The molecule has 0 aliphatic rings. The van der Waals surface area contributed by atoms with E-state index < -0.39 is 5.97 Å². The third kappa shape index (κ3) is 7.11. The van der Waals surface area contributed by atoms with Gasteiger partial charge in [0.1, 0.15) is 0 Å². The maximum Gasteiger partial charge on any atom is 0.314 e. The van der Waals surface area contributed by atoms with Crippen LogP contribution in [0, 0.1) is 0 Å². The molecule has 0 radical (unpaired) electrons. The molecule has 0 saturated carbocycles. The van der Waals surface area contributed by atoms with Gasteiger partial charge in [0.2, 0.25) is 0 Å². The van der Waals surface area contributed by atoms with Gasteiger partial charge in [-0.05, 0) is 29.4 Å². The Balaban J connectivity index is 2.23. The van der Waals surface area contributed by atoms with Gasteiger partial charge in [0, 0.05) is 19.5 Å². The van der Waals surface area contributed by atoms with Crippen LogP contribution >= 0.6 is 0 Å². The zero-order valence-corrected chi connectivity index (χ0v) is 13.6. The summed E-state index contributed by atoms with van der Waals surface area (Å²) >= 11 is 0. The first-order chi connectivity index (χ1) is 10.3. The topological polar surface area (TPSA) is 78.4 Å². The summed E-state index contributed by atoms with van der Waals surface area (Å²) in [4.78, 5) is 21.8. The lowest BCUT2D eigenvalue weighted by Gasteiger charge is -2.19. The Morgan fingerprint density at radius 3 is 2.18 bits per heavy atom. The average Bonchev–Trinajstić information content (AvgIpc) is 2.43. The summed E-state index contributed by atoms with van der Waals surface area (Å²) in [5.74, 6) is -0.846. The molecule has 0 spiro atoms. The molecule has 0 aliphatic carbocycles. The second-order valence-corrected chi connectivity index (χ2v) is 6.38. The van der Waals surface area contributed by atoms with Crippen LogP contribution in [0.4, 0.5) is 4.79 Å². The molecule has 0 atom stereocenters. The van der Waals surface area contributed by atoms with E-state index in [-0.39, 0.29) is 17.9 Å². The van der Waals surface area contributed by atoms with Crippen molar-refractivity contribution in [2.24, 2.45) is 0 Å². The number of hydrogen-bond donors (Lipinski definition) is 3. The van der Waals surface area contributed by atoms with Gasteiger partial charge in [-0.15, -0.1) is 0 Å². The lowest BCUT2D eigenvalue weighted by Crippen LogP contribution is -2.37. The van der Waals surface area contributed by atoms with Crippen LogP contribution in [0.5, 0.6) is 0 Å². The van der Waals surface area contributed by atoms with Crippen LogP contribution in [0.3, 0.4) is 0 Å². The van der Waals surface area contributed by atoms with Crippen LogP contribution in [0.25, 0.3) is 0 Å². The molecule has 1 rings (SSSR count). The predicted octanol–water partition coefficient (Wildman–Crippen LogP) is 2.69. The zero-order chi connectivity index (χ0) is 16.6. The molecule has 122 valence electrons. The number of carbonyl (C=O) groups excluding carboxylic acids is 1. The monoisotopic (exact) mass is 306 g/mol. The number of rotatable bonds is 7. The van der Waals surface area contributed by atoms with E-state index in [9.17, 15) is 9.59 Å². The Morgan fingerprint density at radius 1 is 1.05 bits per heavy atom. The van der Waals surface area contributed by atoms with E-state index >= 15 is 0 Å². The number of nitrogens with one attached hydrogen (secondary N) is 2. The van der Waals surface area contributed by atoms with E-state index in [1.54, 1.807) is 0 Å². The SMILES string of the molecule is CC(C)(C)c1ccc(CCNC(=O)NCCCC(=O)O)cc1. The number of carboxylic acids is 1. The molecular formula is C17H26N2O3. The van der Waals surface area contributed by atoms with Crippen LogP contribution < -0.4 is 10.6 Å². The highest BCUT2D eigenvalue weighted by molar-refractivity contribution is 5.73. The van der Waals surface area contributed by atoms with E-state index in [1.807, 2.05) is 0 Å². The first kappa shape index (κ1) is 18.0. The van der Waals surface area contributed by atoms with Crippen molar-refractivity contribution in [1.82, 2.24) is 10.6 Å². The van der Waals surface area contributed by atoms with Crippen molar-refractivity contribution in [3.05, 3.63) is 35.4 Å². The summed E-state index contributed by atoms with van der Waals surface area (Å²) in [6.45, 7) is 7.47. The smallest absolute Gasteiger partial charge is 0.314 e. The van der Waals surface area contributed by atoms with Crippen LogP contribution in [0.1, 0.15) is 44.7 Å². The van der Waals surface area contributed by atoms with E-state index in [0.29, 0.717) is 19.5 Å². The van der Waals surface area contributed by atoms with Gasteiger partial charge in [-0.3, -0.25) is 4.79 Å². The fourth-order valence-corrected chi connectivity index (χ4v) is 2.00. The molecule has 0 heterocycles. The summed E-state index contributed by atoms with van der Waals surface area (Å²) in [5.41, 5.74) is 2.62. The molecule has 3 N–H and O–H groups in total. The molecule has 0 aromatic heterocycles. The largest absolute Gasteiger partial charge is 0.481 e. The molecule has 0 fully saturated rings. The standard InChI is InChI=1S/C17H26N2O3/c1-17(2,3)14-8-6-13(7-9-14)10-12-19-16(22)18-11-4-5-15(20)21/h6-9H,4-5,10-12H2,1-3H3,(H,20,21)(H2,18,19,22). The number of hydrogen-bond acceptors (Lipinski definition) is 2. The summed E-state index contributed by atoms with van der Waals surface area (Å²) in [6.07, 6.45) is 1.28. The number of benzene rings is 1. The van der Waals surface area contributed by atoms with E-state index in [1.165, 1.54) is 11.1 Å². The Labute approximate surface area is 132 Å². The second-order valence-electron chi connectivity index (χ2n) is 6.38. The van der Waals surface area contributed by atoms with Crippen molar-refractivity contribution in [3.63, 3.8) is 0 Å². The van der Waals surface area contributed by atoms with Gasteiger partial charge < -0.3 is 15.7 Å². The molecule has 1 aromatic carbocycles. The minimum absolute atomic E-state index is 0.0698. The highest BCUT2D eigenvalue weighted by Gasteiger charge is 2.12. The second kappa shape index (κ2) is 8.41. The summed E-state index contributed by atoms with van der Waals surface area (Å²) < 4.78 is 0. The predicted molar refractivity (Wildman–Crippen MR) is 87.1 cm³/mol. The summed E-state index contributed by atoms with van der Waals surface area (Å²) in [6, 6.07) is 8.18. The molecule has 0 saturated heterocycles. The minimum atomic E-state index is -0.846. The van der Waals surface area contributed by atoms with Crippen molar-refractivity contribution in [1.29, 1.82) is 0 Å². The van der Waals surface area contributed by atoms with Crippen molar-refractivity contribution >= 4 is 12.0 Å². The van der Waals surface area contributed by atoms with Gasteiger partial charge >= 0.3 is 12.0 Å². The Hall–Kier alpha value is -2.04. The van der Waals surface area contributed by atoms with Gasteiger partial charge in [0.15, 0.2) is 0 Å². The lowest BCUT2D eigenvalue weighted by atomic mass is 9.86. The first-order valence-electron chi connectivity index (χ1n) is 7.62. The Kier molecular flexibility index (Phi) is 6.89. The molecular weight excluding hydrogens is 280 g/mol. The molecule has 0 aliphatic heterocycles. The third-order valence-corrected chi connectivity index (χ3v) is 3.37. The molecule has 0 bridgehead atoms. The van der Waals surface area contributed by atoms with Gasteiger partial charge in [0.25, 0.3) is 0 Å². The van der Waals surface area contributed by atoms with Crippen LogP contribution in [-0.2, 0) is 16.6 Å². The lowest BCUT2D eigenvalue weighted by molar-refractivity contribution is -0.137. The number of aliphatic carboxylic acids is 1. The molecule has 5 nitrogen and oxygen atoms in total. The van der Waals surface area contributed by atoms with E-state index in [2.05, 4.69) is 55.7 Å². The summed E-state index contributed by atoms with van der Waals surface area (Å²) in [5, 5.41) is 13.9. The molecule has 1 aromatic rings. The number of urea groups is 1. The maximum atomic E-state index is 11.5. The van der Waals surface area contributed by atoms with Gasteiger partial charge in [0.05, 0.1) is 0 Å². The van der Waals surface area contributed by atoms with Gasteiger partial charge in [-0.25, -0.2) is 4.79 Å². The fraction of sp³-hybridized carbons (Fsp3) is 0.529. The molecule has 5 heteroatoms. The number of amides is 2. The Morgan fingerprint density at radius 2 is 1.64 bits per heavy atom. The normalized spacial score (nSPS) is 11.0. The fourth-order valence-electron chi connectivity index (χ4n) is 2.00. The minimum Gasteiger partial charge on any atom is -0.481 e. The summed E-state index contributed by atoms with van der Waals surface area (Å²) in [7, 11) is 0. The average molecular weight is 306 g/mol. The van der Waals surface area contributed by atoms with Gasteiger partial charge in [-0.2, -0.15) is 0 Å². The Bertz CT molecular complexity index is 490. The van der Waals surface area contributed by atoms with Gasteiger partial charge in [-0.1, -0.05) is 45.0 Å². The number of carbonyl (C=O) groups is 2. The third-order valence-electron chi connectivity index (χ3n) is 3.37. The van der Waals surface area contributed by atoms with Crippen molar-refractivity contribution in [2.45, 2.75) is 45.4 Å². The van der Waals surface area contributed by atoms with Crippen molar-refractivity contribution in [3.8, 4) is 0 Å². The number of carboxylic acid groups (broad SMARTS) is 1. The van der Waals surface area contributed by atoms with Crippen molar-refractivity contribution in [2.75, 3.05) is 13.1 Å². The highest BCUT2D eigenvalue weighted by Crippen LogP contribution is 2.22. The quantitative estimate of drug-likeness (QED) is 0.678. The first-order valence-corrected chi connectivity index (χ1v) is 7.62. The highest BCUT2D eigenvalue weighted by atomic mass is 16.4. The molecule has 0 unspecified atom stereocenters. The van der Waals surface area contributed by atoms with E-state index in [4.69, 9.17) is 5.11 Å². The zero-order valence-electron chi connectivity index (χ0n) is 13.6. The molecule has 22 heavy (non-hydrogen) atoms. The van der Waals surface area contributed by atoms with Crippen molar-refractivity contribution < 1.29 is 14.7 Å². The van der Waals surface area contributed by atoms with Crippen LogP contribution in [0.2, 0.25) is 0 Å². The molecule has 2 amide bonds. The maximum absolute atomic E-state index is 11.5. The van der Waals surface area contributed by atoms with E-state index in [0.717, 1.165) is 6.42 Å². The van der Waals surface area contributed by atoms with Crippen LogP contribution in [-0.4, -0.2) is 30.2 Å².